The molecule has 0 unspecified atom stereocenters. The van der Waals surface area contributed by atoms with E-state index < -0.39 is 0 Å². The van der Waals surface area contributed by atoms with Crippen molar-refractivity contribution >= 4 is 45.5 Å². The fourth-order valence-electron chi connectivity index (χ4n) is 2.23. The fourth-order valence-corrected chi connectivity index (χ4v) is 3.73. The number of hydrogen-bond acceptors (Lipinski definition) is 5. The summed E-state index contributed by atoms with van der Waals surface area (Å²) in [5, 5.41) is 7.92. The Morgan fingerprint density at radius 2 is 2.09 bits per heavy atom. The Hall–Kier alpha value is -2.50. The van der Waals surface area contributed by atoms with Crippen LogP contribution in [-0.4, -0.2) is 10.8 Å². The summed E-state index contributed by atoms with van der Waals surface area (Å²) in [4.78, 5) is 16.7. The first-order chi connectivity index (χ1) is 11.3. The van der Waals surface area contributed by atoms with E-state index in [-0.39, 0.29) is 5.78 Å². The molecule has 0 aliphatic rings. The molecule has 0 saturated heterocycles. The zero-order valence-corrected chi connectivity index (χ0v) is 13.6. The second kappa shape index (κ2) is 5.95. The standard InChI is InChI=1S/C18H11NO2S2/c20-15(17-9-12-3-1-2-4-16(12)21-17)6-5-14-11-23-18(19-14)13-7-8-22-10-13/h1-11H/b6-5+. The summed E-state index contributed by atoms with van der Waals surface area (Å²) >= 11 is 3.21. The molecule has 112 valence electrons. The number of aromatic nitrogens is 1. The lowest BCUT2D eigenvalue weighted by atomic mass is 10.2. The van der Waals surface area contributed by atoms with E-state index in [1.165, 1.54) is 6.08 Å². The number of thiazole rings is 1. The average Bonchev–Trinajstić information content (AvgIpc) is 3.31. The first-order valence-electron chi connectivity index (χ1n) is 6.99. The van der Waals surface area contributed by atoms with Gasteiger partial charge in [0.25, 0.3) is 0 Å². The van der Waals surface area contributed by atoms with Gasteiger partial charge in [0.1, 0.15) is 10.6 Å². The van der Waals surface area contributed by atoms with Crippen LogP contribution in [0.25, 0.3) is 27.6 Å². The van der Waals surface area contributed by atoms with E-state index >= 15 is 0 Å². The third-order valence-corrected chi connectivity index (χ3v) is 4.96. The quantitative estimate of drug-likeness (QED) is 0.364. The number of ketones is 1. The van der Waals surface area contributed by atoms with Crippen LogP contribution in [0.1, 0.15) is 16.2 Å². The van der Waals surface area contributed by atoms with Gasteiger partial charge in [0.15, 0.2) is 5.76 Å². The maximum atomic E-state index is 12.2. The van der Waals surface area contributed by atoms with Gasteiger partial charge >= 0.3 is 0 Å². The lowest BCUT2D eigenvalue weighted by Gasteiger charge is -1.88. The molecule has 3 aromatic heterocycles. The van der Waals surface area contributed by atoms with Crippen molar-refractivity contribution in [1.82, 2.24) is 4.98 Å². The Morgan fingerprint density at radius 1 is 1.17 bits per heavy atom. The number of thiophene rings is 1. The van der Waals surface area contributed by atoms with Crippen LogP contribution in [0.3, 0.4) is 0 Å². The number of allylic oxidation sites excluding steroid dienone is 1. The molecule has 0 amide bonds. The molecule has 0 spiro atoms. The highest BCUT2D eigenvalue weighted by Crippen LogP contribution is 2.26. The Labute approximate surface area is 140 Å². The van der Waals surface area contributed by atoms with Crippen molar-refractivity contribution in [2.24, 2.45) is 0 Å². The van der Waals surface area contributed by atoms with Crippen LogP contribution in [0, 0.1) is 0 Å². The largest absolute Gasteiger partial charge is 0.453 e. The number of carbonyl (C=O) groups excluding carboxylic acids is 1. The molecule has 0 atom stereocenters. The van der Waals surface area contributed by atoms with E-state index in [2.05, 4.69) is 10.4 Å². The summed E-state index contributed by atoms with van der Waals surface area (Å²) in [7, 11) is 0. The van der Waals surface area contributed by atoms with Gasteiger partial charge in [-0.3, -0.25) is 4.79 Å². The lowest BCUT2D eigenvalue weighted by molar-refractivity contribution is 0.102. The summed E-state index contributed by atoms with van der Waals surface area (Å²) in [6.45, 7) is 0. The minimum Gasteiger partial charge on any atom is -0.453 e. The average molecular weight is 337 g/mol. The maximum absolute atomic E-state index is 12.2. The molecule has 0 N–H and O–H groups in total. The van der Waals surface area contributed by atoms with Gasteiger partial charge < -0.3 is 4.42 Å². The molecule has 0 aliphatic carbocycles. The maximum Gasteiger partial charge on any atom is 0.221 e. The van der Waals surface area contributed by atoms with E-state index in [1.54, 1.807) is 34.8 Å². The van der Waals surface area contributed by atoms with Crippen LogP contribution in [0.5, 0.6) is 0 Å². The van der Waals surface area contributed by atoms with E-state index in [9.17, 15) is 4.79 Å². The summed E-state index contributed by atoms with van der Waals surface area (Å²) in [5.74, 6) is 0.182. The van der Waals surface area contributed by atoms with Crippen LogP contribution in [0.2, 0.25) is 0 Å². The summed E-state index contributed by atoms with van der Waals surface area (Å²) in [6, 6.07) is 11.4. The predicted molar refractivity (Wildman–Crippen MR) is 95.0 cm³/mol. The van der Waals surface area contributed by atoms with Crippen LogP contribution in [-0.2, 0) is 0 Å². The number of hydrogen-bond donors (Lipinski definition) is 0. The zero-order chi connectivity index (χ0) is 15.6. The highest BCUT2D eigenvalue weighted by molar-refractivity contribution is 7.14. The molecule has 4 rings (SSSR count). The van der Waals surface area contributed by atoms with Crippen molar-refractivity contribution in [3.63, 3.8) is 0 Å². The second-order valence-corrected chi connectivity index (χ2v) is 6.57. The molecule has 23 heavy (non-hydrogen) atoms. The number of benzene rings is 1. The number of furan rings is 1. The number of carbonyl (C=O) groups is 1. The monoisotopic (exact) mass is 337 g/mol. The van der Waals surface area contributed by atoms with Crippen molar-refractivity contribution in [2.75, 3.05) is 0 Å². The topological polar surface area (TPSA) is 43.1 Å². The summed E-state index contributed by atoms with van der Waals surface area (Å²) < 4.78 is 5.57. The SMILES string of the molecule is O=C(/C=C/c1csc(-c2ccsc2)n1)c1cc2ccccc2o1. The van der Waals surface area contributed by atoms with E-state index in [0.29, 0.717) is 5.76 Å². The summed E-state index contributed by atoms with van der Waals surface area (Å²) in [5.41, 5.74) is 2.61. The molecular weight excluding hydrogens is 326 g/mol. The molecule has 0 saturated carbocycles. The number of nitrogens with zero attached hydrogens (tertiary/aromatic N) is 1. The third kappa shape index (κ3) is 2.88. The number of rotatable bonds is 4. The van der Waals surface area contributed by atoms with Crippen LogP contribution < -0.4 is 0 Å². The number of para-hydroxylation sites is 1. The predicted octanol–water partition coefficient (Wildman–Crippen LogP) is 5.51. The first-order valence-corrected chi connectivity index (χ1v) is 8.81. The molecule has 0 fully saturated rings. The van der Waals surface area contributed by atoms with Crippen LogP contribution in [0.4, 0.5) is 0 Å². The van der Waals surface area contributed by atoms with Gasteiger partial charge in [-0.1, -0.05) is 18.2 Å². The van der Waals surface area contributed by atoms with E-state index in [0.717, 1.165) is 27.2 Å². The van der Waals surface area contributed by atoms with Gasteiger partial charge in [0, 0.05) is 21.7 Å². The third-order valence-electron chi connectivity index (χ3n) is 3.36. The minimum absolute atomic E-state index is 0.161. The normalized spacial score (nSPS) is 11.5. The smallest absolute Gasteiger partial charge is 0.221 e. The molecule has 0 bridgehead atoms. The van der Waals surface area contributed by atoms with Crippen molar-refractivity contribution in [3.05, 3.63) is 70.1 Å². The van der Waals surface area contributed by atoms with E-state index in [4.69, 9.17) is 4.42 Å². The van der Waals surface area contributed by atoms with Gasteiger partial charge in [-0.05, 0) is 35.7 Å². The molecule has 3 nitrogen and oxygen atoms in total. The fraction of sp³-hybridized carbons (Fsp3) is 0. The lowest BCUT2D eigenvalue weighted by Crippen LogP contribution is -1.90. The molecule has 0 aliphatic heterocycles. The Kier molecular flexibility index (Phi) is 3.65. The van der Waals surface area contributed by atoms with Gasteiger partial charge in [-0.15, -0.1) is 11.3 Å². The summed E-state index contributed by atoms with van der Waals surface area (Å²) in [6.07, 6.45) is 3.23. The van der Waals surface area contributed by atoms with Crippen LogP contribution in [0.15, 0.2) is 63.0 Å². The second-order valence-electron chi connectivity index (χ2n) is 4.94. The van der Waals surface area contributed by atoms with Gasteiger partial charge in [0.2, 0.25) is 5.78 Å². The Balaban J connectivity index is 1.55. The van der Waals surface area contributed by atoms with Crippen molar-refractivity contribution in [2.45, 2.75) is 0 Å². The zero-order valence-electron chi connectivity index (χ0n) is 11.9. The van der Waals surface area contributed by atoms with E-state index in [1.807, 2.05) is 41.1 Å². The first kappa shape index (κ1) is 14.1. The van der Waals surface area contributed by atoms with Crippen molar-refractivity contribution in [3.8, 4) is 10.6 Å². The van der Waals surface area contributed by atoms with Gasteiger partial charge in [-0.2, -0.15) is 11.3 Å². The minimum atomic E-state index is -0.161. The molecule has 4 aromatic rings. The molecule has 5 heteroatoms. The molecule has 3 heterocycles. The highest BCUT2D eigenvalue weighted by Gasteiger charge is 2.09. The molecule has 1 aromatic carbocycles. The highest BCUT2D eigenvalue weighted by atomic mass is 32.1. The van der Waals surface area contributed by atoms with Crippen molar-refractivity contribution < 1.29 is 9.21 Å². The van der Waals surface area contributed by atoms with Crippen LogP contribution >= 0.6 is 22.7 Å². The number of fused-ring (bicyclic) bond motifs is 1. The Morgan fingerprint density at radius 3 is 2.91 bits per heavy atom. The molecule has 0 radical (unpaired) electrons. The molecular formula is C18H11NO2S2. The van der Waals surface area contributed by atoms with Crippen molar-refractivity contribution in [1.29, 1.82) is 0 Å². The van der Waals surface area contributed by atoms with Gasteiger partial charge in [-0.25, -0.2) is 4.98 Å². The van der Waals surface area contributed by atoms with Gasteiger partial charge in [0.05, 0.1) is 5.69 Å². The Bertz CT molecular complexity index is 960.